The van der Waals surface area contributed by atoms with Crippen LogP contribution in [0, 0.1) is 17.8 Å². The van der Waals surface area contributed by atoms with Gasteiger partial charge in [-0.15, -0.1) is 0 Å². The van der Waals surface area contributed by atoms with Gasteiger partial charge in [0.05, 0.1) is 12.2 Å². The third-order valence-corrected chi connectivity index (χ3v) is 4.97. The highest BCUT2D eigenvalue weighted by atomic mass is 16.7. The fourth-order valence-electron chi connectivity index (χ4n) is 3.81. The molecule has 28 heavy (non-hydrogen) atoms. The van der Waals surface area contributed by atoms with E-state index < -0.39 is 0 Å². The first kappa shape index (κ1) is 27.8. The van der Waals surface area contributed by atoms with Crippen molar-refractivity contribution in [3.8, 4) is 0 Å². The maximum atomic E-state index is 6.19. The van der Waals surface area contributed by atoms with Gasteiger partial charge in [-0.1, -0.05) is 20.8 Å². The first-order valence-corrected chi connectivity index (χ1v) is 11.1. The Balaban J connectivity index is 5.57. The van der Waals surface area contributed by atoms with Crippen LogP contribution in [0.15, 0.2) is 0 Å². The normalized spacial score (nSPS) is 17.7. The lowest BCUT2D eigenvalue weighted by Crippen LogP contribution is -2.48. The van der Waals surface area contributed by atoms with E-state index in [-0.39, 0.29) is 42.5 Å². The third-order valence-electron chi connectivity index (χ3n) is 4.97. The van der Waals surface area contributed by atoms with E-state index in [1.165, 1.54) is 0 Å². The van der Waals surface area contributed by atoms with Crippen LogP contribution in [0.4, 0.5) is 0 Å². The average molecular weight is 407 g/mol. The molecule has 0 heterocycles. The molecule has 6 nitrogen and oxygen atoms in total. The topological polar surface area (TPSA) is 55.4 Å². The minimum absolute atomic E-state index is 0.0580. The lowest BCUT2D eigenvalue weighted by molar-refractivity contribution is -0.219. The second kappa shape index (κ2) is 16.5. The van der Waals surface area contributed by atoms with Crippen molar-refractivity contribution in [3.05, 3.63) is 0 Å². The summed E-state index contributed by atoms with van der Waals surface area (Å²) in [6, 6.07) is 0. The second-order valence-corrected chi connectivity index (χ2v) is 6.98. The summed E-state index contributed by atoms with van der Waals surface area (Å²) < 4.78 is 35.8. The van der Waals surface area contributed by atoms with Gasteiger partial charge in [0, 0.05) is 57.4 Å². The van der Waals surface area contributed by atoms with Crippen molar-refractivity contribution in [1.29, 1.82) is 0 Å². The Labute approximate surface area is 173 Å². The van der Waals surface area contributed by atoms with Gasteiger partial charge in [-0.05, 0) is 41.5 Å². The summed E-state index contributed by atoms with van der Waals surface area (Å²) in [5.74, 6) is 0.224. The predicted octanol–water partition coefficient (Wildman–Crippen LogP) is 4.50. The Bertz CT molecular complexity index is 310. The van der Waals surface area contributed by atoms with E-state index in [9.17, 15) is 0 Å². The Morgan fingerprint density at radius 1 is 0.393 bits per heavy atom. The maximum Gasteiger partial charge on any atom is 0.162 e. The van der Waals surface area contributed by atoms with Crippen molar-refractivity contribution in [2.45, 2.75) is 87.1 Å². The van der Waals surface area contributed by atoms with E-state index in [0.29, 0.717) is 39.6 Å². The lowest BCUT2D eigenvalue weighted by atomic mass is 9.83. The Kier molecular flexibility index (Phi) is 16.4. The molecule has 4 unspecified atom stereocenters. The molecule has 0 radical (unpaired) electrons. The monoisotopic (exact) mass is 406 g/mol. The molecule has 170 valence electrons. The van der Waals surface area contributed by atoms with Gasteiger partial charge in [0.15, 0.2) is 12.6 Å². The molecule has 0 saturated heterocycles. The smallest absolute Gasteiger partial charge is 0.162 e. The van der Waals surface area contributed by atoms with Crippen molar-refractivity contribution in [1.82, 2.24) is 0 Å². The molecule has 0 aliphatic heterocycles. The molecular formula is C22H46O6. The highest BCUT2D eigenvalue weighted by Crippen LogP contribution is 2.31. The molecule has 0 aliphatic rings. The molecule has 0 fully saturated rings. The van der Waals surface area contributed by atoms with Crippen LogP contribution in [0.2, 0.25) is 0 Å². The van der Waals surface area contributed by atoms with E-state index in [4.69, 9.17) is 28.4 Å². The van der Waals surface area contributed by atoms with Crippen molar-refractivity contribution in [3.63, 3.8) is 0 Å². The quantitative estimate of drug-likeness (QED) is 0.312. The first-order valence-electron chi connectivity index (χ1n) is 11.1. The van der Waals surface area contributed by atoms with E-state index in [1.54, 1.807) is 0 Å². The van der Waals surface area contributed by atoms with Gasteiger partial charge in [0.2, 0.25) is 0 Å². The SMILES string of the molecule is CCOC(OCC)C(C)C(OCC)C(C)C(OCC)C(C)C(OCC)OCC. The van der Waals surface area contributed by atoms with Crippen LogP contribution in [0.25, 0.3) is 0 Å². The van der Waals surface area contributed by atoms with Crippen molar-refractivity contribution < 1.29 is 28.4 Å². The van der Waals surface area contributed by atoms with Crippen LogP contribution in [0.3, 0.4) is 0 Å². The van der Waals surface area contributed by atoms with Gasteiger partial charge in [0.1, 0.15) is 0 Å². The molecular weight excluding hydrogens is 360 g/mol. The molecule has 0 aromatic carbocycles. The Hall–Kier alpha value is -0.240. The zero-order valence-corrected chi connectivity index (χ0v) is 19.7. The predicted molar refractivity (Wildman–Crippen MR) is 112 cm³/mol. The van der Waals surface area contributed by atoms with Gasteiger partial charge < -0.3 is 28.4 Å². The van der Waals surface area contributed by atoms with Crippen LogP contribution >= 0.6 is 0 Å². The molecule has 6 heteroatoms. The van der Waals surface area contributed by atoms with E-state index >= 15 is 0 Å². The van der Waals surface area contributed by atoms with E-state index in [2.05, 4.69) is 20.8 Å². The fraction of sp³-hybridized carbons (Fsp3) is 1.00. The minimum Gasteiger partial charge on any atom is -0.378 e. The van der Waals surface area contributed by atoms with E-state index in [0.717, 1.165) is 0 Å². The van der Waals surface area contributed by atoms with Gasteiger partial charge >= 0.3 is 0 Å². The molecule has 0 amide bonds. The van der Waals surface area contributed by atoms with Gasteiger partial charge in [-0.2, -0.15) is 0 Å². The van der Waals surface area contributed by atoms with Crippen LogP contribution < -0.4 is 0 Å². The largest absolute Gasteiger partial charge is 0.378 e. The van der Waals surface area contributed by atoms with Crippen LogP contribution in [0.5, 0.6) is 0 Å². The Morgan fingerprint density at radius 3 is 0.857 bits per heavy atom. The second-order valence-electron chi connectivity index (χ2n) is 6.98. The summed E-state index contributed by atoms with van der Waals surface area (Å²) in [5.41, 5.74) is 0. The summed E-state index contributed by atoms with van der Waals surface area (Å²) in [7, 11) is 0. The molecule has 0 N–H and O–H groups in total. The van der Waals surface area contributed by atoms with Crippen LogP contribution in [-0.4, -0.2) is 64.4 Å². The third kappa shape index (κ3) is 9.06. The number of rotatable bonds is 18. The van der Waals surface area contributed by atoms with Crippen molar-refractivity contribution in [2.24, 2.45) is 17.8 Å². The van der Waals surface area contributed by atoms with E-state index in [1.807, 2.05) is 41.5 Å². The summed E-state index contributed by atoms with van der Waals surface area (Å²) in [6.45, 7) is 22.1. The molecule has 0 bridgehead atoms. The van der Waals surface area contributed by atoms with Crippen LogP contribution in [0.1, 0.15) is 62.3 Å². The first-order chi connectivity index (χ1) is 13.4. The average Bonchev–Trinajstić information content (AvgIpc) is 2.68. The fourth-order valence-corrected chi connectivity index (χ4v) is 3.81. The summed E-state index contributed by atoms with van der Waals surface area (Å²) in [6.07, 6.45) is -0.755. The van der Waals surface area contributed by atoms with Gasteiger partial charge in [-0.25, -0.2) is 0 Å². The zero-order chi connectivity index (χ0) is 21.5. The summed E-state index contributed by atoms with van der Waals surface area (Å²) >= 11 is 0. The molecule has 4 atom stereocenters. The lowest BCUT2D eigenvalue weighted by Gasteiger charge is -2.40. The highest BCUT2D eigenvalue weighted by Gasteiger charge is 2.40. The summed E-state index contributed by atoms with van der Waals surface area (Å²) in [5, 5.41) is 0. The summed E-state index contributed by atoms with van der Waals surface area (Å²) in [4.78, 5) is 0. The molecule has 0 rings (SSSR count). The van der Waals surface area contributed by atoms with Crippen molar-refractivity contribution in [2.75, 3.05) is 39.6 Å². The molecule has 0 aliphatic carbocycles. The maximum absolute atomic E-state index is 6.19. The Morgan fingerprint density at radius 2 is 0.643 bits per heavy atom. The van der Waals surface area contributed by atoms with Gasteiger partial charge in [0.25, 0.3) is 0 Å². The van der Waals surface area contributed by atoms with Crippen LogP contribution in [-0.2, 0) is 28.4 Å². The minimum atomic E-state index is -0.304. The number of ether oxygens (including phenoxy) is 6. The standard InChI is InChI=1S/C22H46O6/c1-10-23-19(17(8)21(25-12-3)26-13-4)16(7)20(24-11-2)18(9)22(27-14-5)28-15-6/h16-22H,10-15H2,1-9H3. The molecule has 0 aromatic rings. The number of hydrogen-bond donors (Lipinski definition) is 0. The van der Waals surface area contributed by atoms with Crippen molar-refractivity contribution >= 4 is 0 Å². The molecule has 0 aromatic heterocycles. The molecule has 0 saturated carbocycles. The number of hydrogen-bond acceptors (Lipinski definition) is 6. The highest BCUT2D eigenvalue weighted by molar-refractivity contribution is 4.85. The zero-order valence-electron chi connectivity index (χ0n) is 19.7. The molecule has 0 spiro atoms. The van der Waals surface area contributed by atoms with Gasteiger partial charge in [-0.3, -0.25) is 0 Å².